The Bertz CT molecular complexity index is 1840. The Morgan fingerprint density at radius 1 is 1.00 bits per heavy atom. The van der Waals surface area contributed by atoms with E-state index >= 15 is 0 Å². The first kappa shape index (κ1) is 27.8. The fraction of sp³-hybridized carbons (Fsp3) is 0.0909. The lowest BCUT2D eigenvalue weighted by molar-refractivity contribution is -0.137. The molecule has 0 saturated carbocycles. The Morgan fingerprint density at radius 3 is 2.32 bits per heavy atom. The van der Waals surface area contributed by atoms with E-state index in [0.29, 0.717) is 11.6 Å². The molecule has 3 aromatic carbocycles. The number of nitrogens with one attached hydrogen (secondary N) is 1. The summed E-state index contributed by atoms with van der Waals surface area (Å²) < 4.78 is 103. The van der Waals surface area contributed by atoms with E-state index in [9.17, 15) is 39.2 Å². The Kier molecular flexibility index (Phi) is 6.97. The minimum absolute atomic E-state index is 0.0612. The third kappa shape index (κ3) is 5.21. The maximum Gasteiger partial charge on any atom is 0.416 e. The van der Waals surface area contributed by atoms with Crippen LogP contribution in [0.25, 0.3) is 27.8 Å². The zero-order chi connectivity index (χ0) is 28.2. The average molecular weight is 610 g/mol. The number of fused-ring (bicyclic) bond motifs is 1. The lowest BCUT2D eigenvalue weighted by Gasteiger charge is -2.11. The van der Waals surface area contributed by atoms with Gasteiger partial charge in [0.2, 0.25) is 0 Å². The van der Waals surface area contributed by atoms with E-state index < -0.39 is 47.0 Å². The van der Waals surface area contributed by atoms with E-state index in [1.807, 2.05) is 0 Å². The number of alkyl halides is 3. The second-order valence-electron chi connectivity index (χ2n) is 7.87. The van der Waals surface area contributed by atoms with Crippen LogP contribution in [0.3, 0.4) is 0 Å². The van der Waals surface area contributed by atoms with Crippen molar-refractivity contribution < 1.29 is 39.2 Å². The van der Waals surface area contributed by atoms with Crippen LogP contribution in [0.15, 0.2) is 54.6 Å². The van der Waals surface area contributed by atoms with Gasteiger partial charge in [0.05, 0.1) is 33.6 Å². The number of halogens is 6. The molecule has 0 radical (unpaired) electrons. The van der Waals surface area contributed by atoms with Gasteiger partial charge >= 0.3 is 15.2 Å². The summed E-state index contributed by atoms with van der Waals surface area (Å²) in [5.74, 6) is -2.88. The number of amides is 1. The van der Waals surface area contributed by atoms with Crippen molar-refractivity contribution in [1.29, 1.82) is 0 Å². The number of aromatic nitrogens is 2. The summed E-state index contributed by atoms with van der Waals surface area (Å²) in [6.45, 7) is 0. The number of rotatable bonds is 5. The van der Waals surface area contributed by atoms with Gasteiger partial charge in [0.1, 0.15) is 11.5 Å². The third-order valence-corrected chi connectivity index (χ3v) is 9.64. The van der Waals surface area contributed by atoms with E-state index in [-0.39, 0.29) is 32.5 Å². The number of hydrogen-bond acceptors (Lipinski definition) is 6. The number of nitrogens with zero attached hydrogens (tertiary/aromatic N) is 2. The molecule has 0 spiro atoms. The van der Waals surface area contributed by atoms with Crippen LogP contribution in [-0.2, 0) is 24.1 Å². The van der Waals surface area contributed by atoms with Crippen LogP contribution < -0.4 is 4.72 Å². The zero-order valence-electron chi connectivity index (χ0n) is 18.7. The van der Waals surface area contributed by atoms with Crippen molar-refractivity contribution >= 4 is 57.9 Å². The highest BCUT2D eigenvalue weighted by molar-refractivity contribution is 8.66. The summed E-state index contributed by atoms with van der Waals surface area (Å²) in [5.41, 5.74) is -1.57. The predicted molar refractivity (Wildman–Crippen MR) is 133 cm³/mol. The normalized spacial score (nSPS) is 12.6. The van der Waals surface area contributed by atoms with Crippen LogP contribution in [0.2, 0.25) is 10.0 Å². The smallest absolute Gasteiger partial charge is 0.268 e. The van der Waals surface area contributed by atoms with Gasteiger partial charge in [-0.15, -0.1) is 0 Å². The third-order valence-electron chi connectivity index (χ3n) is 5.23. The fourth-order valence-corrected chi connectivity index (χ4v) is 5.03. The van der Waals surface area contributed by atoms with Crippen LogP contribution in [0, 0.1) is 5.82 Å². The number of carbonyl (C=O) groups is 1. The second kappa shape index (κ2) is 9.52. The Labute approximate surface area is 222 Å². The van der Waals surface area contributed by atoms with Crippen molar-refractivity contribution in [3.05, 3.63) is 81.6 Å². The summed E-state index contributed by atoms with van der Waals surface area (Å²) in [7, 11) is -9.91. The van der Waals surface area contributed by atoms with Crippen LogP contribution >= 0.6 is 23.2 Å². The van der Waals surface area contributed by atoms with Crippen molar-refractivity contribution in [1.82, 2.24) is 14.5 Å². The monoisotopic (exact) mass is 609 g/mol. The second-order valence-corrected chi connectivity index (χ2v) is 14.4. The lowest BCUT2D eigenvalue weighted by Crippen LogP contribution is -2.35. The van der Waals surface area contributed by atoms with Gasteiger partial charge in [-0.3, -0.25) is 4.79 Å². The van der Waals surface area contributed by atoms with Crippen molar-refractivity contribution in [2.24, 2.45) is 0 Å². The Morgan fingerprint density at radius 2 is 1.68 bits per heavy atom. The van der Waals surface area contributed by atoms with Gasteiger partial charge in [0, 0.05) is 22.0 Å². The fourth-order valence-electron chi connectivity index (χ4n) is 3.45. The van der Waals surface area contributed by atoms with Gasteiger partial charge in [0.25, 0.3) is 14.8 Å². The van der Waals surface area contributed by atoms with Gasteiger partial charge in [-0.05, 0) is 36.4 Å². The molecule has 1 heterocycles. The minimum atomic E-state index is -5.16. The van der Waals surface area contributed by atoms with Crippen LogP contribution in [-0.4, -0.2) is 38.8 Å². The van der Waals surface area contributed by atoms with Crippen molar-refractivity contribution in [3.8, 4) is 16.9 Å². The van der Waals surface area contributed by atoms with Crippen molar-refractivity contribution in [3.63, 3.8) is 0 Å². The van der Waals surface area contributed by atoms with E-state index in [0.717, 1.165) is 28.9 Å². The molecule has 1 N–H and O–H groups in total. The summed E-state index contributed by atoms with van der Waals surface area (Å²) in [5, 5.41) is 4.55. The first-order valence-corrected chi connectivity index (χ1v) is 14.8. The molecule has 16 heteroatoms. The minimum Gasteiger partial charge on any atom is -0.268 e. The van der Waals surface area contributed by atoms with E-state index in [1.54, 1.807) is 0 Å². The molecule has 0 unspecified atom stereocenters. The molecule has 4 aromatic rings. The number of benzene rings is 3. The quantitative estimate of drug-likeness (QED) is 0.246. The maximum atomic E-state index is 15.0. The first-order valence-electron chi connectivity index (χ1n) is 10.1. The average Bonchev–Trinajstić information content (AvgIpc) is 3.17. The summed E-state index contributed by atoms with van der Waals surface area (Å²) in [4.78, 5) is 12.3. The molecule has 0 saturated heterocycles. The molecule has 0 bridgehead atoms. The van der Waals surface area contributed by atoms with E-state index in [1.165, 1.54) is 35.1 Å². The highest BCUT2D eigenvalue weighted by atomic mass is 35.5. The molecule has 0 aliphatic heterocycles. The molecule has 1 aromatic heterocycles. The molecule has 0 fully saturated rings. The lowest BCUT2D eigenvalue weighted by atomic mass is 10.0. The van der Waals surface area contributed by atoms with Gasteiger partial charge in [-0.2, -0.15) is 26.7 Å². The number of carbonyl (C=O) groups excluding carboxylic acids is 1. The van der Waals surface area contributed by atoms with Crippen molar-refractivity contribution in [2.75, 3.05) is 6.26 Å². The van der Waals surface area contributed by atoms with Gasteiger partial charge in [-0.25, -0.2) is 22.2 Å². The standard InChI is InChI=1S/C22H13Cl2F4N3O5S2/c1-37(33,34)38(35,36)30-21(32)14-9-16(24)19(10-17(14)25)31-18-6-5-13(23)8-15(18)20(29-31)11-3-2-4-12(7-11)22(26,27)28/h2-10H,1H3,(H,30,32). The van der Waals surface area contributed by atoms with Crippen LogP contribution in [0.4, 0.5) is 17.6 Å². The number of hydrogen-bond donors (Lipinski definition) is 1. The molecule has 4 rings (SSSR count). The topological polar surface area (TPSA) is 115 Å². The van der Waals surface area contributed by atoms with Gasteiger partial charge in [-0.1, -0.05) is 35.3 Å². The Balaban J connectivity index is 1.87. The predicted octanol–water partition coefficient (Wildman–Crippen LogP) is 5.18. The maximum absolute atomic E-state index is 15.0. The first-order chi connectivity index (χ1) is 17.5. The van der Waals surface area contributed by atoms with E-state index in [4.69, 9.17) is 23.2 Å². The molecule has 0 atom stereocenters. The van der Waals surface area contributed by atoms with Crippen molar-refractivity contribution in [2.45, 2.75) is 6.18 Å². The zero-order valence-corrected chi connectivity index (χ0v) is 21.9. The molecule has 1 amide bonds. The molecule has 0 aliphatic carbocycles. The SMILES string of the molecule is CS(=O)(=O)S(=O)(=O)NC(=O)c1cc(Cl)c(-n2nc(-c3cccc(C(F)(F)F)c3)c3cc(Cl)ccc32)cc1F. The molecule has 8 nitrogen and oxygen atoms in total. The highest BCUT2D eigenvalue weighted by Crippen LogP contribution is 2.37. The van der Waals surface area contributed by atoms with Crippen LogP contribution in [0.5, 0.6) is 0 Å². The molecular formula is C22H13Cl2F4N3O5S2. The summed E-state index contributed by atoms with van der Waals surface area (Å²) in [6.07, 6.45) is -4.29. The molecular weight excluding hydrogens is 597 g/mol. The molecule has 200 valence electrons. The molecule has 0 aliphatic rings. The largest absolute Gasteiger partial charge is 0.416 e. The van der Waals surface area contributed by atoms with E-state index in [2.05, 4.69) is 5.10 Å². The molecule has 38 heavy (non-hydrogen) atoms. The summed E-state index contributed by atoms with van der Waals surface area (Å²) in [6, 6.07) is 10.2. The highest BCUT2D eigenvalue weighted by Gasteiger charge is 2.31. The van der Waals surface area contributed by atoms with Gasteiger partial charge in [0.15, 0.2) is 0 Å². The summed E-state index contributed by atoms with van der Waals surface area (Å²) >= 11 is 12.4. The van der Waals surface area contributed by atoms with Crippen LogP contribution in [0.1, 0.15) is 15.9 Å². The Hall–Kier alpha value is -3.20. The van der Waals surface area contributed by atoms with Gasteiger partial charge < -0.3 is 0 Å².